The average Bonchev–Trinajstić information content (AvgIpc) is 3.44. The van der Waals surface area contributed by atoms with Gasteiger partial charge in [-0.15, -0.1) is 0 Å². The van der Waals surface area contributed by atoms with Crippen LogP contribution in [-0.4, -0.2) is 62.2 Å². The summed E-state index contributed by atoms with van der Waals surface area (Å²) in [6.45, 7) is 6.94. The normalized spacial score (nSPS) is 20.8. The van der Waals surface area contributed by atoms with E-state index in [-0.39, 0.29) is 18.1 Å². The van der Waals surface area contributed by atoms with Gasteiger partial charge in [-0.3, -0.25) is 4.79 Å². The van der Waals surface area contributed by atoms with Gasteiger partial charge >= 0.3 is 0 Å². The number of hydrogen-bond donors (Lipinski definition) is 2. The number of para-hydroxylation sites is 2. The third-order valence-corrected chi connectivity index (χ3v) is 5.79. The number of ether oxygens (including phenoxy) is 2. The van der Waals surface area contributed by atoms with Crippen LogP contribution in [-0.2, 0) is 4.79 Å². The minimum absolute atomic E-state index is 0.0965. The molecule has 1 aromatic carbocycles. The van der Waals surface area contributed by atoms with E-state index in [0.29, 0.717) is 12.5 Å². The van der Waals surface area contributed by atoms with Crippen molar-refractivity contribution in [1.29, 1.82) is 0 Å². The second-order valence-electron chi connectivity index (χ2n) is 8.19. The maximum atomic E-state index is 12.7. The Kier molecular flexibility index (Phi) is 8.22. The Bertz CT molecular complexity index is 718. The lowest BCUT2D eigenvalue weighted by atomic mass is 10.1. The molecular formula is C23H36N4O3. The number of rotatable bonds is 8. The van der Waals surface area contributed by atoms with Gasteiger partial charge in [0.1, 0.15) is 6.10 Å². The van der Waals surface area contributed by atoms with Crippen molar-refractivity contribution in [3.05, 3.63) is 24.3 Å². The molecule has 3 rings (SSSR count). The van der Waals surface area contributed by atoms with Crippen LogP contribution >= 0.6 is 0 Å². The summed E-state index contributed by atoms with van der Waals surface area (Å²) in [5.74, 6) is 2.80. The summed E-state index contributed by atoms with van der Waals surface area (Å²) in [5, 5.41) is 6.80. The number of aliphatic imine (C=N–C) groups is 1. The molecule has 0 spiro atoms. The fraction of sp³-hybridized carbons (Fsp3) is 0.652. The molecule has 1 amide bonds. The second kappa shape index (κ2) is 11.1. The number of benzene rings is 1. The Morgan fingerprint density at radius 1 is 1.23 bits per heavy atom. The SMILES string of the molecule is CCNC(=NCC(C)Oc1ccccc1OC)NC1CCN(C(=O)C2CCCC2)C1. The molecule has 2 N–H and O–H groups in total. The Morgan fingerprint density at radius 2 is 1.97 bits per heavy atom. The lowest BCUT2D eigenvalue weighted by Gasteiger charge is -2.22. The molecule has 7 nitrogen and oxygen atoms in total. The van der Waals surface area contributed by atoms with Crippen LogP contribution in [0, 0.1) is 5.92 Å². The molecule has 2 aliphatic rings. The number of carbonyl (C=O) groups is 1. The van der Waals surface area contributed by atoms with Crippen molar-refractivity contribution in [2.24, 2.45) is 10.9 Å². The van der Waals surface area contributed by atoms with Crippen LogP contribution in [0.4, 0.5) is 0 Å². The molecule has 1 saturated heterocycles. The van der Waals surface area contributed by atoms with Crippen molar-refractivity contribution in [2.45, 2.75) is 58.1 Å². The molecule has 1 aromatic rings. The monoisotopic (exact) mass is 416 g/mol. The Balaban J connectivity index is 1.51. The van der Waals surface area contributed by atoms with Crippen molar-refractivity contribution >= 4 is 11.9 Å². The number of guanidine groups is 1. The zero-order valence-electron chi connectivity index (χ0n) is 18.5. The van der Waals surface area contributed by atoms with E-state index in [0.717, 1.165) is 56.4 Å². The van der Waals surface area contributed by atoms with Gasteiger partial charge in [-0.1, -0.05) is 25.0 Å². The molecule has 2 atom stereocenters. The number of nitrogens with one attached hydrogen (secondary N) is 2. The molecule has 1 aliphatic heterocycles. The fourth-order valence-corrected chi connectivity index (χ4v) is 4.21. The number of carbonyl (C=O) groups excluding carboxylic acids is 1. The summed E-state index contributed by atoms with van der Waals surface area (Å²) in [6, 6.07) is 7.87. The summed E-state index contributed by atoms with van der Waals surface area (Å²) < 4.78 is 11.3. The van der Waals surface area contributed by atoms with Crippen molar-refractivity contribution < 1.29 is 14.3 Å². The Hall–Kier alpha value is -2.44. The maximum absolute atomic E-state index is 12.7. The third kappa shape index (κ3) is 6.03. The van der Waals surface area contributed by atoms with Crippen LogP contribution in [0.2, 0.25) is 0 Å². The van der Waals surface area contributed by atoms with Crippen LogP contribution in [0.5, 0.6) is 11.5 Å². The summed E-state index contributed by atoms with van der Waals surface area (Å²) in [7, 11) is 1.64. The lowest BCUT2D eigenvalue weighted by Crippen LogP contribution is -2.45. The van der Waals surface area contributed by atoms with E-state index in [1.807, 2.05) is 36.1 Å². The van der Waals surface area contributed by atoms with E-state index in [4.69, 9.17) is 14.5 Å². The molecule has 7 heteroatoms. The predicted molar refractivity (Wildman–Crippen MR) is 119 cm³/mol. The minimum Gasteiger partial charge on any atom is -0.493 e. The highest BCUT2D eigenvalue weighted by molar-refractivity contribution is 5.81. The average molecular weight is 417 g/mol. The lowest BCUT2D eigenvalue weighted by molar-refractivity contribution is -0.134. The minimum atomic E-state index is -0.0965. The number of nitrogens with zero attached hydrogens (tertiary/aromatic N) is 2. The summed E-state index contributed by atoms with van der Waals surface area (Å²) in [4.78, 5) is 19.4. The molecule has 0 bridgehead atoms. The highest BCUT2D eigenvalue weighted by atomic mass is 16.5. The Morgan fingerprint density at radius 3 is 2.67 bits per heavy atom. The topological polar surface area (TPSA) is 75.2 Å². The van der Waals surface area contributed by atoms with Gasteiger partial charge in [0.25, 0.3) is 0 Å². The summed E-state index contributed by atoms with van der Waals surface area (Å²) in [5.41, 5.74) is 0. The second-order valence-corrected chi connectivity index (χ2v) is 8.19. The molecule has 2 fully saturated rings. The largest absolute Gasteiger partial charge is 0.493 e. The van der Waals surface area contributed by atoms with Gasteiger partial charge in [0.05, 0.1) is 13.7 Å². The molecule has 0 aromatic heterocycles. The molecule has 1 heterocycles. The Labute approximate surface area is 180 Å². The first-order valence-corrected chi connectivity index (χ1v) is 11.2. The van der Waals surface area contributed by atoms with Crippen molar-refractivity contribution in [3.63, 3.8) is 0 Å². The van der Waals surface area contributed by atoms with Crippen LogP contribution < -0.4 is 20.1 Å². The van der Waals surface area contributed by atoms with Gasteiger partial charge in [-0.2, -0.15) is 0 Å². The van der Waals surface area contributed by atoms with Crippen LogP contribution in [0.25, 0.3) is 0 Å². The van der Waals surface area contributed by atoms with Gasteiger partial charge in [0.15, 0.2) is 17.5 Å². The highest BCUT2D eigenvalue weighted by Gasteiger charge is 2.32. The van der Waals surface area contributed by atoms with Crippen LogP contribution in [0.1, 0.15) is 46.0 Å². The zero-order valence-corrected chi connectivity index (χ0v) is 18.5. The smallest absolute Gasteiger partial charge is 0.225 e. The first-order chi connectivity index (χ1) is 14.6. The van der Waals surface area contributed by atoms with E-state index in [2.05, 4.69) is 17.6 Å². The predicted octanol–water partition coefficient (Wildman–Crippen LogP) is 2.81. The first-order valence-electron chi connectivity index (χ1n) is 11.2. The number of likely N-dealkylation sites (tertiary alicyclic amines) is 1. The number of amides is 1. The molecule has 1 saturated carbocycles. The first kappa shape index (κ1) is 22.2. The van der Waals surface area contributed by atoms with Gasteiger partial charge in [0.2, 0.25) is 5.91 Å². The highest BCUT2D eigenvalue weighted by Crippen LogP contribution is 2.28. The molecule has 166 valence electrons. The van der Waals surface area contributed by atoms with Crippen molar-refractivity contribution in [2.75, 3.05) is 33.3 Å². The summed E-state index contributed by atoms with van der Waals surface area (Å²) in [6.07, 6.45) is 5.36. The van der Waals surface area contributed by atoms with E-state index in [1.54, 1.807) is 7.11 Å². The molecule has 0 radical (unpaired) electrons. The summed E-state index contributed by atoms with van der Waals surface area (Å²) >= 11 is 0. The third-order valence-electron chi connectivity index (χ3n) is 5.79. The van der Waals surface area contributed by atoms with Gasteiger partial charge in [0, 0.05) is 31.6 Å². The van der Waals surface area contributed by atoms with Gasteiger partial charge < -0.3 is 25.0 Å². The number of hydrogen-bond acceptors (Lipinski definition) is 4. The number of methoxy groups -OCH3 is 1. The van der Waals surface area contributed by atoms with Crippen molar-refractivity contribution in [3.8, 4) is 11.5 Å². The van der Waals surface area contributed by atoms with Crippen molar-refractivity contribution in [1.82, 2.24) is 15.5 Å². The van der Waals surface area contributed by atoms with Gasteiger partial charge in [-0.25, -0.2) is 4.99 Å². The van der Waals surface area contributed by atoms with Crippen LogP contribution in [0.15, 0.2) is 29.3 Å². The standard InChI is InChI=1S/C23H36N4O3/c1-4-24-23(25-15-17(2)30-21-12-8-7-11-20(21)29-3)26-19-13-14-27(16-19)22(28)18-9-5-6-10-18/h7-8,11-12,17-19H,4-6,9-10,13-16H2,1-3H3,(H2,24,25,26). The van der Waals surface area contributed by atoms with E-state index < -0.39 is 0 Å². The van der Waals surface area contributed by atoms with Crippen LogP contribution in [0.3, 0.4) is 0 Å². The molecule has 30 heavy (non-hydrogen) atoms. The molecule has 2 unspecified atom stereocenters. The zero-order chi connectivity index (χ0) is 21.3. The molecule has 1 aliphatic carbocycles. The van der Waals surface area contributed by atoms with E-state index in [9.17, 15) is 4.79 Å². The maximum Gasteiger partial charge on any atom is 0.225 e. The van der Waals surface area contributed by atoms with E-state index >= 15 is 0 Å². The quantitative estimate of drug-likeness (QED) is 0.504. The molecular weight excluding hydrogens is 380 g/mol. The van der Waals surface area contributed by atoms with Gasteiger partial charge in [-0.05, 0) is 45.2 Å². The van der Waals surface area contributed by atoms with E-state index in [1.165, 1.54) is 12.8 Å². The fourth-order valence-electron chi connectivity index (χ4n) is 4.21.